The Bertz CT molecular complexity index is 385. The van der Waals surface area contributed by atoms with Crippen LogP contribution in [0.3, 0.4) is 0 Å². The SMILES string of the molecule is Cc1nnsc1CNC(=O)[C@@]1(C)CCCO1. The predicted molar refractivity (Wildman–Crippen MR) is 60.1 cm³/mol. The maximum Gasteiger partial charge on any atom is 0.252 e. The van der Waals surface area contributed by atoms with E-state index in [1.807, 2.05) is 13.8 Å². The van der Waals surface area contributed by atoms with Crippen LogP contribution in [-0.2, 0) is 16.1 Å². The molecule has 1 amide bonds. The molecule has 1 saturated heterocycles. The van der Waals surface area contributed by atoms with Crippen LogP contribution in [0.5, 0.6) is 0 Å². The molecular weight excluding hydrogens is 226 g/mol. The number of aryl methyl sites for hydroxylation is 1. The van der Waals surface area contributed by atoms with E-state index in [1.165, 1.54) is 11.5 Å². The van der Waals surface area contributed by atoms with Crippen molar-refractivity contribution in [1.29, 1.82) is 0 Å². The quantitative estimate of drug-likeness (QED) is 0.858. The molecule has 1 aliphatic heterocycles. The summed E-state index contributed by atoms with van der Waals surface area (Å²) in [5, 5.41) is 6.77. The summed E-state index contributed by atoms with van der Waals surface area (Å²) in [5.74, 6) is -0.0437. The number of carbonyl (C=O) groups is 1. The van der Waals surface area contributed by atoms with Gasteiger partial charge in [-0.3, -0.25) is 4.79 Å². The van der Waals surface area contributed by atoms with Gasteiger partial charge in [-0.1, -0.05) is 4.49 Å². The third-order valence-electron chi connectivity index (χ3n) is 2.85. The summed E-state index contributed by atoms with van der Waals surface area (Å²) in [6.07, 6.45) is 1.74. The third-order valence-corrected chi connectivity index (χ3v) is 3.68. The summed E-state index contributed by atoms with van der Waals surface area (Å²) in [6.45, 7) is 4.89. The van der Waals surface area contributed by atoms with Gasteiger partial charge in [0.1, 0.15) is 5.60 Å². The van der Waals surface area contributed by atoms with Gasteiger partial charge in [-0.05, 0) is 38.2 Å². The summed E-state index contributed by atoms with van der Waals surface area (Å²) >= 11 is 1.32. The zero-order valence-corrected chi connectivity index (χ0v) is 10.3. The summed E-state index contributed by atoms with van der Waals surface area (Å²) in [6, 6.07) is 0. The van der Waals surface area contributed by atoms with Crippen LogP contribution in [0.4, 0.5) is 0 Å². The molecule has 16 heavy (non-hydrogen) atoms. The van der Waals surface area contributed by atoms with Gasteiger partial charge in [0.05, 0.1) is 17.1 Å². The van der Waals surface area contributed by atoms with E-state index >= 15 is 0 Å². The van der Waals surface area contributed by atoms with E-state index in [2.05, 4.69) is 14.9 Å². The molecule has 2 rings (SSSR count). The Kier molecular flexibility index (Phi) is 3.20. The molecule has 0 saturated carbocycles. The van der Waals surface area contributed by atoms with E-state index in [0.717, 1.165) is 23.4 Å². The minimum atomic E-state index is -0.647. The lowest BCUT2D eigenvalue weighted by Crippen LogP contribution is -2.43. The average molecular weight is 241 g/mol. The highest BCUT2D eigenvalue weighted by Crippen LogP contribution is 2.25. The van der Waals surface area contributed by atoms with Gasteiger partial charge in [-0.2, -0.15) is 0 Å². The van der Waals surface area contributed by atoms with E-state index in [-0.39, 0.29) is 5.91 Å². The van der Waals surface area contributed by atoms with Gasteiger partial charge < -0.3 is 10.1 Å². The summed E-state index contributed by atoms with van der Waals surface area (Å²) < 4.78 is 9.29. The summed E-state index contributed by atoms with van der Waals surface area (Å²) in [4.78, 5) is 12.9. The van der Waals surface area contributed by atoms with Gasteiger partial charge in [0.15, 0.2) is 0 Å². The zero-order valence-electron chi connectivity index (χ0n) is 9.45. The minimum absolute atomic E-state index is 0.0437. The van der Waals surface area contributed by atoms with E-state index in [1.54, 1.807) is 0 Å². The number of hydrogen-bond donors (Lipinski definition) is 1. The Morgan fingerprint density at radius 2 is 2.50 bits per heavy atom. The number of nitrogens with one attached hydrogen (secondary N) is 1. The first-order chi connectivity index (χ1) is 7.62. The molecule has 1 aliphatic rings. The van der Waals surface area contributed by atoms with Gasteiger partial charge >= 0.3 is 0 Å². The first-order valence-corrected chi connectivity index (χ1v) is 6.09. The summed E-state index contributed by atoms with van der Waals surface area (Å²) in [5.41, 5.74) is 0.231. The van der Waals surface area contributed by atoms with Crippen LogP contribution >= 0.6 is 11.5 Å². The molecule has 1 aromatic rings. The molecule has 2 heterocycles. The number of carbonyl (C=O) groups excluding carboxylic acids is 1. The smallest absolute Gasteiger partial charge is 0.252 e. The Morgan fingerprint density at radius 1 is 1.69 bits per heavy atom. The van der Waals surface area contributed by atoms with Gasteiger partial charge in [-0.15, -0.1) is 5.10 Å². The van der Waals surface area contributed by atoms with Gasteiger partial charge in [0.2, 0.25) is 0 Å². The maximum atomic E-state index is 11.9. The van der Waals surface area contributed by atoms with Crippen molar-refractivity contribution in [2.45, 2.75) is 38.8 Å². The lowest BCUT2D eigenvalue weighted by atomic mass is 10.0. The van der Waals surface area contributed by atoms with Crippen LogP contribution in [-0.4, -0.2) is 27.7 Å². The van der Waals surface area contributed by atoms with Gasteiger partial charge in [0, 0.05) is 6.61 Å². The Labute approximate surface area is 98.4 Å². The monoisotopic (exact) mass is 241 g/mol. The number of amides is 1. The molecule has 0 bridgehead atoms. The van der Waals surface area contributed by atoms with Gasteiger partial charge in [0.25, 0.3) is 5.91 Å². The standard InChI is InChI=1S/C10H15N3O2S/c1-7-8(16-13-12-7)6-11-9(14)10(2)4-3-5-15-10/h3-6H2,1-2H3,(H,11,14)/t10-/m1/s1. The fraction of sp³-hybridized carbons (Fsp3) is 0.700. The number of hydrogen-bond acceptors (Lipinski definition) is 5. The number of nitrogens with zero attached hydrogens (tertiary/aromatic N) is 2. The maximum absolute atomic E-state index is 11.9. The van der Waals surface area contributed by atoms with E-state index in [4.69, 9.17) is 4.74 Å². The molecule has 1 aromatic heterocycles. The van der Waals surface area contributed by atoms with Gasteiger partial charge in [-0.25, -0.2) is 0 Å². The number of ether oxygens (including phenoxy) is 1. The van der Waals surface area contributed by atoms with Crippen molar-refractivity contribution in [1.82, 2.24) is 14.9 Å². The highest BCUT2D eigenvalue weighted by molar-refractivity contribution is 7.05. The number of aromatic nitrogens is 2. The molecule has 88 valence electrons. The molecule has 0 radical (unpaired) electrons. The molecule has 1 fully saturated rings. The van der Waals surface area contributed by atoms with Crippen molar-refractivity contribution in [3.8, 4) is 0 Å². The molecule has 0 aromatic carbocycles. The lowest BCUT2D eigenvalue weighted by molar-refractivity contribution is -0.139. The highest BCUT2D eigenvalue weighted by Gasteiger charge is 2.37. The molecule has 0 aliphatic carbocycles. The Morgan fingerprint density at radius 3 is 3.06 bits per heavy atom. The van der Waals surface area contributed by atoms with Crippen LogP contribution in [0.25, 0.3) is 0 Å². The topological polar surface area (TPSA) is 64.1 Å². The van der Waals surface area contributed by atoms with Crippen molar-refractivity contribution in [2.24, 2.45) is 0 Å². The van der Waals surface area contributed by atoms with Crippen molar-refractivity contribution >= 4 is 17.4 Å². The van der Waals surface area contributed by atoms with Crippen LogP contribution in [0, 0.1) is 6.92 Å². The molecular formula is C10H15N3O2S. The highest BCUT2D eigenvalue weighted by atomic mass is 32.1. The molecule has 1 N–H and O–H groups in total. The molecule has 5 nitrogen and oxygen atoms in total. The molecule has 6 heteroatoms. The predicted octanol–water partition coefficient (Wildman–Crippen LogP) is 1.03. The Hall–Kier alpha value is -1.01. The first kappa shape index (κ1) is 11.5. The second kappa shape index (κ2) is 4.47. The van der Waals surface area contributed by atoms with Crippen molar-refractivity contribution in [2.75, 3.05) is 6.61 Å². The van der Waals surface area contributed by atoms with Crippen molar-refractivity contribution in [3.05, 3.63) is 10.6 Å². The second-order valence-electron chi connectivity index (χ2n) is 4.15. The molecule has 1 atom stereocenters. The van der Waals surface area contributed by atoms with Crippen molar-refractivity contribution < 1.29 is 9.53 Å². The average Bonchev–Trinajstić information content (AvgIpc) is 2.85. The zero-order chi connectivity index (χ0) is 11.6. The lowest BCUT2D eigenvalue weighted by Gasteiger charge is -2.21. The van der Waals surface area contributed by atoms with E-state index in [9.17, 15) is 4.79 Å². The Balaban J connectivity index is 1.91. The van der Waals surface area contributed by atoms with Crippen molar-refractivity contribution in [3.63, 3.8) is 0 Å². The fourth-order valence-electron chi connectivity index (χ4n) is 1.72. The second-order valence-corrected chi connectivity index (χ2v) is 4.99. The molecule has 0 unspecified atom stereocenters. The number of rotatable bonds is 3. The van der Waals surface area contributed by atoms with E-state index in [0.29, 0.717) is 13.2 Å². The van der Waals surface area contributed by atoms with Crippen LogP contribution < -0.4 is 5.32 Å². The third kappa shape index (κ3) is 2.22. The minimum Gasteiger partial charge on any atom is -0.365 e. The van der Waals surface area contributed by atoms with Crippen LogP contribution in [0.15, 0.2) is 0 Å². The first-order valence-electron chi connectivity index (χ1n) is 5.32. The largest absolute Gasteiger partial charge is 0.365 e. The van der Waals surface area contributed by atoms with E-state index < -0.39 is 5.60 Å². The normalized spacial score (nSPS) is 24.6. The van der Waals surface area contributed by atoms with Crippen LogP contribution in [0.2, 0.25) is 0 Å². The van der Waals surface area contributed by atoms with Crippen LogP contribution in [0.1, 0.15) is 30.3 Å². The fourth-order valence-corrected chi connectivity index (χ4v) is 2.29. The molecule has 0 spiro atoms. The summed E-state index contributed by atoms with van der Waals surface area (Å²) in [7, 11) is 0.